The van der Waals surface area contributed by atoms with Gasteiger partial charge in [0.15, 0.2) is 5.78 Å². The van der Waals surface area contributed by atoms with Gasteiger partial charge in [-0.15, -0.1) is 11.3 Å². The van der Waals surface area contributed by atoms with Crippen molar-refractivity contribution in [2.75, 3.05) is 19.8 Å². The van der Waals surface area contributed by atoms with E-state index in [0.717, 1.165) is 47.3 Å². The van der Waals surface area contributed by atoms with Crippen LogP contribution in [0.2, 0.25) is 0 Å². The normalized spacial score (nSPS) is 15.4. The van der Waals surface area contributed by atoms with Gasteiger partial charge < -0.3 is 20.3 Å². The molecule has 0 bridgehead atoms. The van der Waals surface area contributed by atoms with Crippen molar-refractivity contribution in [3.8, 4) is 5.75 Å². The zero-order chi connectivity index (χ0) is 25.8. The molecule has 1 heterocycles. The summed E-state index contributed by atoms with van der Waals surface area (Å²) in [4.78, 5) is 26.7. The molecule has 1 atom stereocenters. The lowest BCUT2D eigenvalue weighted by molar-refractivity contribution is -0.124. The van der Waals surface area contributed by atoms with E-state index in [1.165, 1.54) is 16.0 Å². The molecule has 7 heteroatoms. The molecule has 3 N–H and O–H groups in total. The maximum Gasteiger partial charge on any atom is 0.245 e. The Balaban J connectivity index is 1.62. The topological polar surface area (TPSA) is 95.9 Å². The van der Waals surface area contributed by atoms with Crippen LogP contribution in [0.15, 0.2) is 12.1 Å². The lowest BCUT2D eigenvalue weighted by atomic mass is 9.74. The summed E-state index contributed by atoms with van der Waals surface area (Å²) in [6.45, 7) is 10.2. The van der Waals surface area contributed by atoms with Gasteiger partial charge in [-0.2, -0.15) is 0 Å². The van der Waals surface area contributed by atoms with Gasteiger partial charge in [0.25, 0.3) is 0 Å². The Kier molecular flexibility index (Phi) is 9.13. The minimum absolute atomic E-state index is 0.0152. The van der Waals surface area contributed by atoms with E-state index in [4.69, 9.17) is 9.84 Å². The van der Waals surface area contributed by atoms with Crippen LogP contribution in [0.5, 0.6) is 5.75 Å². The monoisotopic (exact) mass is 501 g/mol. The quantitative estimate of drug-likeness (QED) is 0.403. The second-order valence-electron chi connectivity index (χ2n) is 10.4. The number of ether oxygens (including phenoxy) is 1. The fraction of sp³-hybridized carbons (Fsp3) is 0.571. The molecular weight excluding hydrogens is 462 g/mol. The molecule has 0 spiro atoms. The molecule has 1 aromatic heterocycles. The van der Waals surface area contributed by atoms with Crippen molar-refractivity contribution >= 4 is 23.0 Å². The maximum absolute atomic E-state index is 13.2. The van der Waals surface area contributed by atoms with Crippen LogP contribution in [-0.2, 0) is 30.5 Å². The number of benzene rings is 1. The average molecular weight is 502 g/mol. The van der Waals surface area contributed by atoms with Gasteiger partial charge in [-0.1, -0.05) is 32.9 Å². The Morgan fingerprint density at radius 1 is 1.20 bits per heavy atom. The number of hydrogen-bond donors (Lipinski definition) is 3. The molecule has 6 nitrogen and oxygen atoms in total. The lowest BCUT2D eigenvalue weighted by Gasteiger charge is -2.30. The van der Waals surface area contributed by atoms with E-state index in [2.05, 4.69) is 26.1 Å². The second kappa shape index (κ2) is 11.7. The summed E-state index contributed by atoms with van der Waals surface area (Å²) in [7, 11) is 0. The number of fused-ring (bicyclic) bond motifs is 1. The van der Waals surface area contributed by atoms with E-state index in [9.17, 15) is 14.7 Å². The van der Waals surface area contributed by atoms with Gasteiger partial charge in [-0.05, 0) is 79.2 Å². The summed E-state index contributed by atoms with van der Waals surface area (Å²) in [5, 5.41) is 21.2. The molecule has 1 amide bonds. The predicted molar refractivity (Wildman–Crippen MR) is 140 cm³/mol. The van der Waals surface area contributed by atoms with Gasteiger partial charge >= 0.3 is 0 Å². The molecule has 35 heavy (non-hydrogen) atoms. The molecule has 1 unspecified atom stereocenters. The molecule has 0 radical (unpaired) electrons. The van der Waals surface area contributed by atoms with Crippen LogP contribution < -0.4 is 10.1 Å². The van der Waals surface area contributed by atoms with Crippen molar-refractivity contribution in [2.45, 2.75) is 79.2 Å². The van der Waals surface area contributed by atoms with Crippen molar-refractivity contribution in [1.82, 2.24) is 5.32 Å². The van der Waals surface area contributed by atoms with Crippen molar-refractivity contribution in [2.24, 2.45) is 5.41 Å². The first kappa shape index (κ1) is 27.4. The van der Waals surface area contributed by atoms with Crippen molar-refractivity contribution in [1.29, 1.82) is 0 Å². The van der Waals surface area contributed by atoms with Crippen LogP contribution in [-0.4, -0.2) is 47.8 Å². The molecule has 1 aliphatic carbocycles. The number of amides is 1. The standard InChI is InChI=1S/C28H39NO5S/c1-6-24-22-13-28(4,5)10-9-21(22)27(35-24)23(32)8-7-19-11-17(2)26(18(3)12-19)34-16-20(31)14-29-25(33)15-30/h11-12,20,30-31H,6-10,13-16H2,1-5H3,(H,29,33). The highest BCUT2D eigenvalue weighted by Crippen LogP contribution is 2.42. The highest BCUT2D eigenvalue weighted by Gasteiger charge is 2.31. The van der Waals surface area contributed by atoms with E-state index >= 15 is 0 Å². The zero-order valence-electron chi connectivity index (χ0n) is 21.6. The van der Waals surface area contributed by atoms with Crippen molar-refractivity contribution < 1.29 is 24.5 Å². The number of thiophene rings is 1. The number of aliphatic hydroxyl groups excluding tert-OH is 2. The van der Waals surface area contributed by atoms with Gasteiger partial charge in [-0.3, -0.25) is 9.59 Å². The van der Waals surface area contributed by atoms with Crippen LogP contribution in [0.25, 0.3) is 0 Å². The van der Waals surface area contributed by atoms with Gasteiger partial charge in [0.05, 0.1) is 4.88 Å². The zero-order valence-corrected chi connectivity index (χ0v) is 22.4. The average Bonchev–Trinajstić information content (AvgIpc) is 3.17. The maximum atomic E-state index is 13.2. The number of rotatable bonds is 11. The summed E-state index contributed by atoms with van der Waals surface area (Å²) in [5.41, 5.74) is 6.04. The van der Waals surface area contributed by atoms with Crippen molar-refractivity contribution in [3.63, 3.8) is 0 Å². The molecule has 2 aromatic rings. The fourth-order valence-corrected chi connectivity index (χ4v) is 6.15. The molecule has 1 aliphatic rings. The molecule has 0 saturated carbocycles. The number of Topliss-reactive ketones (excluding diaryl/α,β-unsaturated/α-hetero) is 1. The van der Waals surface area contributed by atoms with Crippen LogP contribution in [0, 0.1) is 19.3 Å². The van der Waals surface area contributed by atoms with Crippen LogP contribution >= 0.6 is 11.3 Å². The predicted octanol–water partition coefficient (Wildman–Crippen LogP) is 4.11. The number of carbonyl (C=O) groups is 2. The van der Waals surface area contributed by atoms with Gasteiger partial charge in [0.1, 0.15) is 25.1 Å². The first-order valence-corrected chi connectivity index (χ1v) is 13.3. The Labute approximate surface area is 212 Å². The number of hydrogen-bond acceptors (Lipinski definition) is 6. The summed E-state index contributed by atoms with van der Waals surface area (Å²) in [6.07, 6.45) is 4.47. The highest BCUT2D eigenvalue weighted by molar-refractivity contribution is 7.14. The molecule has 0 saturated heterocycles. The Morgan fingerprint density at radius 2 is 1.89 bits per heavy atom. The highest BCUT2D eigenvalue weighted by atomic mass is 32.1. The number of carbonyl (C=O) groups excluding carboxylic acids is 2. The van der Waals surface area contributed by atoms with E-state index in [0.29, 0.717) is 24.0 Å². The summed E-state index contributed by atoms with van der Waals surface area (Å²) in [6, 6.07) is 4.08. The molecule has 192 valence electrons. The Hall–Kier alpha value is -2.22. The van der Waals surface area contributed by atoms with E-state index < -0.39 is 18.6 Å². The van der Waals surface area contributed by atoms with Gasteiger partial charge in [0, 0.05) is 17.8 Å². The summed E-state index contributed by atoms with van der Waals surface area (Å²) < 4.78 is 5.81. The number of ketones is 1. The Morgan fingerprint density at radius 3 is 2.51 bits per heavy atom. The Bertz CT molecular complexity index is 1050. The van der Waals surface area contributed by atoms with Gasteiger partial charge in [-0.25, -0.2) is 0 Å². The third-order valence-corrected chi connectivity index (χ3v) is 8.20. The smallest absolute Gasteiger partial charge is 0.245 e. The lowest BCUT2D eigenvalue weighted by Crippen LogP contribution is -2.36. The minimum atomic E-state index is -0.878. The fourth-order valence-electron chi connectivity index (χ4n) is 4.87. The molecule has 1 aromatic carbocycles. The van der Waals surface area contributed by atoms with Gasteiger partial charge in [0.2, 0.25) is 5.91 Å². The molecule has 0 aliphatic heterocycles. The van der Waals surface area contributed by atoms with E-state index in [-0.39, 0.29) is 18.9 Å². The molecule has 3 rings (SSSR count). The third kappa shape index (κ3) is 6.93. The largest absolute Gasteiger partial charge is 0.490 e. The van der Waals surface area contributed by atoms with E-state index in [1.54, 1.807) is 11.3 Å². The summed E-state index contributed by atoms with van der Waals surface area (Å²) >= 11 is 1.71. The van der Waals surface area contributed by atoms with E-state index in [1.807, 2.05) is 26.0 Å². The third-order valence-electron chi connectivity index (χ3n) is 6.74. The minimum Gasteiger partial charge on any atom is -0.490 e. The van der Waals surface area contributed by atoms with Crippen LogP contribution in [0.4, 0.5) is 0 Å². The number of aryl methyl sites for hydroxylation is 4. The first-order valence-electron chi connectivity index (χ1n) is 12.5. The summed E-state index contributed by atoms with van der Waals surface area (Å²) in [5.74, 6) is 0.414. The molecule has 0 fully saturated rings. The van der Waals surface area contributed by atoms with Crippen molar-refractivity contribution in [3.05, 3.63) is 49.7 Å². The van der Waals surface area contributed by atoms with Crippen LogP contribution in [0.1, 0.15) is 76.0 Å². The first-order chi connectivity index (χ1) is 16.5. The molecular formula is C28H39NO5S. The van der Waals surface area contributed by atoms with Crippen LogP contribution in [0.3, 0.4) is 0 Å². The second-order valence-corrected chi connectivity index (χ2v) is 11.5. The number of nitrogens with one attached hydrogen (secondary N) is 1. The number of aliphatic hydroxyl groups is 2. The SMILES string of the molecule is CCc1sc(C(=O)CCc2cc(C)c(OCC(O)CNC(=O)CO)c(C)c2)c2c1CC(C)(C)CC2.